The van der Waals surface area contributed by atoms with E-state index in [1.807, 2.05) is 24.3 Å². The van der Waals surface area contributed by atoms with Gasteiger partial charge in [0.1, 0.15) is 6.33 Å². The van der Waals surface area contributed by atoms with E-state index in [2.05, 4.69) is 36.4 Å². The van der Waals surface area contributed by atoms with E-state index in [-0.39, 0.29) is 35.9 Å². The number of H-pyrrole nitrogens is 1. The monoisotopic (exact) mass is 468 g/mol. The highest BCUT2D eigenvalue weighted by molar-refractivity contribution is 9.10. The molecule has 0 spiro atoms. The number of nitrogens with zero attached hydrogens (tertiary/aromatic N) is 4. The number of aryl methyl sites for hydroxylation is 1. The lowest BCUT2D eigenvalue weighted by molar-refractivity contribution is -0.116. The number of carbonyl (C=O) groups is 1. The zero-order valence-corrected chi connectivity index (χ0v) is 17.3. The molecule has 0 saturated carbocycles. The van der Waals surface area contributed by atoms with Crippen molar-refractivity contribution >= 4 is 38.6 Å². The van der Waals surface area contributed by atoms with Crippen molar-refractivity contribution in [2.75, 3.05) is 5.32 Å². The minimum atomic E-state index is -0.376. The van der Waals surface area contributed by atoms with Crippen molar-refractivity contribution in [1.82, 2.24) is 24.5 Å². The molecule has 0 aliphatic rings. The maximum Gasteiger partial charge on any atom is 0.273 e. The number of amides is 1. The fourth-order valence-electron chi connectivity index (χ4n) is 3.01. The van der Waals surface area contributed by atoms with Gasteiger partial charge >= 0.3 is 0 Å². The lowest BCUT2D eigenvalue weighted by atomic mass is 10.2. The molecule has 4 rings (SSSR count). The second kappa shape index (κ2) is 8.46. The summed E-state index contributed by atoms with van der Waals surface area (Å²) in [5.74, 6) is -0.186. The zero-order valence-electron chi connectivity index (χ0n) is 15.7. The van der Waals surface area contributed by atoms with E-state index in [0.717, 1.165) is 14.7 Å². The summed E-state index contributed by atoms with van der Waals surface area (Å²) in [4.78, 5) is 40.9. The molecule has 2 N–H and O–H groups in total. The van der Waals surface area contributed by atoms with Crippen LogP contribution in [0.4, 0.5) is 5.95 Å². The van der Waals surface area contributed by atoms with Gasteiger partial charge in [-0.05, 0) is 29.8 Å². The van der Waals surface area contributed by atoms with Gasteiger partial charge in [0.25, 0.3) is 11.1 Å². The van der Waals surface area contributed by atoms with Crippen LogP contribution in [0.2, 0.25) is 0 Å². The predicted molar refractivity (Wildman–Crippen MR) is 115 cm³/mol. The average molecular weight is 469 g/mol. The Morgan fingerprint density at radius 1 is 1.07 bits per heavy atom. The normalized spacial score (nSPS) is 11.0. The quantitative estimate of drug-likeness (QED) is 0.449. The Morgan fingerprint density at radius 2 is 1.80 bits per heavy atom. The lowest BCUT2D eigenvalue weighted by Gasteiger charge is -2.06. The molecule has 1 amide bonds. The number of aromatic nitrogens is 5. The van der Waals surface area contributed by atoms with E-state index in [1.54, 1.807) is 28.9 Å². The van der Waals surface area contributed by atoms with E-state index < -0.39 is 0 Å². The molecule has 0 saturated heterocycles. The van der Waals surface area contributed by atoms with E-state index >= 15 is 0 Å². The Kier molecular flexibility index (Phi) is 5.57. The fraction of sp³-hybridized carbons (Fsp3) is 0.150. The summed E-state index contributed by atoms with van der Waals surface area (Å²) in [6.45, 7) is 0.550. The first-order valence-electron chi connectivity index (χ1n) is 9.15. The number of anilines is 1. The van der Waals surface area contributed by atoms with Crippen molar-refractivity contribution in [3.05, 3.63) is 85.6 Å². The molecule has 0 radical (unpaired) electrons. The van der Waals surface area contributed by atoms with Gasteiger partial charge in [0.05, 0.1) is 23.9 Å². The molecule has 0 atom stereocenters. The minimum absolute atomic E-state index is 0.0184. The number of hydrogen-bond donors (Lipinski definition) is 2. The highest BCUT2D eigenvalue weighted by Crippen LogP contribution is 2.11. The van der Waals surface area contributed by atoms with Crippen LogP contribution in [0.5, 0.6) is 0 Å². The van der Waals surface area contributed by atoms with Crippen LogP contribution in [0.25, 0.3) is 10.8 Å². The molecule has 2 aromatic carbocycles. The number of aromatic amines is 1. The van der Waals surface area contributed by atoms with Crippen molar-refractivity contribution in [1.29, 1.82) is 0 Å². The number of fused-ring (bicyclic) bond motifs is 1. The third-order valence-corrected chi connectivity index (χ3v) is 5.02. The van der Waals surface area contributed by atoms with Gasteiger partial charge in [-0.3, -0.25) is 24.8 Å². The van der Waals surface area contributed by atoms with Crippen LogP contribution in [-0.2, 0) is 17.9 Å². The summed E-state index contributed by atoms with van der Waals surface area (Å²) < 4.78 is 3.75. The highest BCUT2D eigenvalue weighted by atomic mass is 79.9. The van der Waals surface area contributed by atoms with Crippen molar-refractivity contribution in [3.8, 4) is 0 Å². The molecule has 0 unspecified atom stereocenters. The number of nitrogens with one attached hydrogen (secondary N) is 2. The van der Waals surface area contributed by atoms with Crippen LogP contribution < -0.4 is 16.4 Å². The third-order valence-electron chi connectivity index (χ3n) is 4.49. The van der Waals surface area contributed by atoms with Gasteiger partial charge < -0.3 is 0 Å². The first kappa shape index (κ1) is 19.8. The molecule has 9 nitrogen and oxygen atoms in total. The molecule has 0 fully saturated rings. The summed E-state index contributed by atoms with van der Waals surface area (Å²) in [7, 11) is 0. The van der Waals surface area contributed by atoms with Crippen LogP contribution in [0.1, 0.15) is 12.0 Å². The Morgan fingerprint density at radius 3 is 2.57 bits per heavy atom. The molecule has 0 aliphatic carbocycles. The van der Waals surface area contributed by atoms with E-state index in [1.165, 1.54) is 6.33 Å². The molecule has 4 aromatic rings. The predicted octanol–water partition coefficient (Wildman–Crippen LogP) is 2.12. The first-order chi connectivity index (χ1) is 14.5. The van der Waals surface area contributed by atoms with Crippen molar-refractivity contribution < 1.29 is 4.79 Å². The van der Waals surface area contributed by atoms with E-state index in [9.17, 15) is 14.4 Å². The second-order valence-corrected chi connectivity index (χ2v) is 7.55. The SMILES string of the molecule is O=C(CCn1[nH]c(=O)c2ccccc2c1=O)Nc1ncn(Cc2ccc(Br)cc2)n1. The standard InChI is InChI=1S/C20H17BrN6O3/c21-14-7-5-13(6-8-14)11-26-12-22-20(25-26)23-17(28)9-10-27-19(30)16-4-2-1-3-15(16)18(29)24-27/h1-8,12H,9-11H2,(H,24,29)(H,23,25,28). The fourth-order valence-corrected chi connectivity index (χ4v) is 3.27. The summed E-state index contributed by atoms with van der Waals surface area (Å²) in [5.41, 5.74) is 0.314. The summed E-state index contributed by atoms with van der Waals surface area (Å²) >= 11 is 3.39. The Hall–Kier alpha value is -3.53. The van der Waals surface area contributed by atoms with E-state index in [4.69, 9.17) is 0 Å². The van der Waals surface area contributed by atoms with Crippen LogP contribution >= 0.6 is 15.9 Å². The molecule has 152 valence electrons. The smallest absolute Gasteiger partial charge is 0.273 e. The van der Waals surface area contributed by atoms with Gasteiger partial charge in [-0.25, -0.2) is 14.3 Å². The van der Waals surface area contributed by atoms with Gasteiger partial charge in [0.2, 0.25) is 11.9 Å². The summed E-state index contributed by atoms with van der Waals surface area (Å²) in [5, 5.41) is 9.97. The van der Waals surface area contributed by atoms with Crippen LogP contribution in [-0.4, -0.2) is 30.5 Å². The van der Waals surface area contributed by atoms with Gasteiger partial charge in [-0.2, -0.15) is 0 Å². The van der Waals surface area contributed by atoms with Crippen molar-refractivity contribution in [3.63, 3.8) is 0 Å². The van der Waals surface area contributed by atoms with Crippen molar-refractivity contribution in [2.24, 2.45) is 0 Å². The maximum absolute atomic E-state index is 12.5. The molecule has 2 heterocycles. The molecular formula is C20H17BrN6O3. The highest BCUT2D eigenvalue weighted by Gasteiger charge is 2.10. The second-order valence-electron chi connectivity index (χ2n) is 6.63. The Labute approximate surface area is 178 Å². The van der Waals surface area contributed by atoms with Gasteiger partial charge in [0.15, 0.2) is 0 Å². The summed E-state index contributed by atoms with van der Waals surface area (Å²) in [6.07, 6.45) is 1.51. The van der Waals surface area contributed by atoms with Gasteiger partial charge in [-0.15, -0.1) is 5.10 Å². The Balaban J connectivity index is 1.39. The number of halogens is 1. The summed E-state index contributed by atoms with van der Waals surface area (Å²) in [6, 6.07) is 14.4. The molecular weight excluding hydrogens is 452 g/mol. The molecule has 0 bridgehead atoms. The van der Waals surface area contributed by atoms with Gasteiger partial charge in [-0.1, -0.05) is 40.2 Å². The molecule has 2 aromatic heterocycles. The number of carbonyl (C=O) groups excluding carboxylic acids is 1. The van der Waals surface area contributed by atoms with Crippen LogP contribution in [0.3, 0.4) is 0 Å². The van der Waals surface area contributed by atoms with E-state index in [0.29, 0.717) is 17.3 Å². The molecule has 0 aliphatic heterocycles. The minimum Gasteiger partial charge on any atom is -0.293 e. The average Bonchev–Trinajstić information content (AvgIpc) is 3.18. The number of rotatable bonds is 6. The first-order valence-corrected chi connectivity index (χ1v) is 9.94. The number of benzene rings is 2. The largest absolute Gasteiger partial charge is 0.293 e. The lowest BCUT2D eigenvalue weighted by Crippen LogP contribution is -2.31. The molecule has 30 heavy (non-hydrogen) atoms. The van der Waals surface area contributed by atoms with Crippen LogP contribution in [0.15, 0.2) is 68.9 Å². The zero-order chi connectivity index (χ0) is 21.1. The molecule has 10 heteroatoms. The van der Waals surface area contributed by atoms with Crippen LogP contribution in [0, 0.1) is 0 Å². The maximum atomic E-state index is 12.5. The Bertz CT molecular complexity index is 1320. The van der Waals surface area contributed by atoms with Gasteiger partial charge in [0, 0.05) is 10.9 Å². The topological polar surface area (TPSA) is 115 Å². The van der Waals surface area contributed by atoms with Crippen molar-refractivity contribution in [2.45, 2.75) is 19.5 Å². The number of hydrogen-bond acceptors (Lipinski definition) is 5. The third kappa shape index (κ3) is 4.38.